The van der Waals surface area contributed by atoms with E-state index in [1.807, 2.05) is 22.8 Å². The van der Waals surface area contributed by atoms with Gasteiger partial charge >= 0.3 is 17.8 Å². The zero-order chi connectivity index (χ0) is 54.7. The Bertz CT molecular complexity index is 3410. The predicted molar refractivity (Wildman–Crippen MR) is 293 cm³/mol. The molecule has 0 aliphatic carbocycles. The number of imide groups is 1. The number of nitrogens with zero attached hydrogens (tertiary/aromatic N) is 9. The number of nitrogens with one attached hydrogen (secondary N) is 1. The van der Waals surface area contributed by atoms with E-state index in [4.69, 9.17) is 19.4 Å². The van der Waals surface area contributed by atoms with Crippen LogP contribution in [0.5, 0.6) is 11.8 Å². The number of fused-ring (bicyclic) bond motifs is 4. The van der Waals surface area contributed by atoms with Gasteiger partial charge in [0.1, 0.15) is 47.9 Å². The van der Waals surface area contributed by atoms with Crippen LogP contribution in [-0.2, 0) is 27.8 Å². The van der Waals surface area contributed by atoms with Gasteiger partial charge in [0.05, 0.1) is 22.0 Å². The minimum absolute atomic E-state index is 0.00585. The van der Waals surface area contributed by atoms with Gasteiger partial charge in [-0.05, 0) is 167 Å². The molecule has 418 valence electrons. The Kier molecular flexibility index (Phi) is 14.5. The molecule has 0 spiro atoms. The summed E-state index contributed by atoms with van der Waals surface area (Å²) in [6.07, 6.45) is 11.1. The standard InChI is InChI=1S/C59H70F2N10O8/c1-3-42-45(60)9-7-39-26-41(73)28-43(50(39)42)52-51(61)53-44(29-62-52)54(69-20-4-6-36(31-69)32-72)65-56(64-53)79-34-59-18-5-21-70(59)40(13-19-59)33-78-58(77)68-24-14-35(15-25-68)30-67-22-16-37(17-23-67)38-8-10-46-48(27-38)66(2)57(76)71(46)47-11-12-49(74)63-55(47)75/h7-10,26-29,35-37,40,47,72-73H,3-6,11-25,30-34H2,1-2H3,(H,63,74,75)/t36-,40+,47?,59+/m1/s1. The molecule has 6 aliphatic rings. The van der Waals surface area contributed by atoms with E-state index in [2.05, 4.69) is 32.2 Å². The molecule has 20 heteroatoms. The molecule has 0 saturated carbocycles. The minimum atomic E-state index is -0.740. The van der Waals surface area contributed by atoms with Gasteiger partial charge in [-0.15, -0.1) is 0 Å². The van der Waals surface area contributed by atoms with Gasteiger partial charge in [-0.3, -0.25) is 33.9 Å². The number of imidazole rings is 1. The number of aliphatic hydroxyl groups excluding tert-OH is 1. The molecule has 9 heterocycles. The first-order chi connectivity index (χ1) is 38.3. The zero-order valence-electron chi connectivity index (χ0n) is 45.1. The number of hydrogen-bond donors (Lipinski definition) is 3. The number of carbonyl (C=O) groups is 3. The minimum Gasteiger partial charge on any atom is -0.508 e. The molecule has 3 amide bonds. The summed E-state index contributed by atoms with van der Waals surface area (Å²) in [6, 6.07) is 11.3. The predicted octanol–water partition coefficient (Wildman–Crippen LogP) is 7.34. The van der Waals surface area contributed by atoms with Gasteiger partial charge in [0.2, 0.25) is 11.8 Å². The van der Waals surface area contributed by atoms with E-state index >= 15 is 8.78 Å². The zero-order valence-corrected chi connectivity index (χ0v) is 45.1. The summed E-state index contributed by atoms with van der Waals surface area (Å²) in [6.45, 7) is 8.56. The molecule has 4 atom stereocenters. The van der Waals surface area contributed by atoms with Gasteiger partial charge in [0, 0.05) is 70.6 Å². The van der Waals surface area contributed by atoms with Crippen LogP contribution in [0.25, 0.3) is 44.0 Å². The number of carbonyl (C=O) groups excluding carboxylic acids is 3. The largest absolute Gasteiger partial charge is 0.508 e. The van der Waals surface area contributed by atoms with Crippen molar-refractivity contribution in [3.05, 3.63) is 81.9 Å². The van der Waals surface area contributed by atoms with Crippen LogP contribution in [0, 0.1) is 23.5 Å². The summed E-state index contributed by atoms with van der Waals surface area (Å²) in [5.41, 5.74) is 2.63. The Balaban J connectivity index is 0.662. The lowest BCUT2D eigenvalue weighted by Gasteiger charge is -2.38. The van der Waals surface area contributed by atoms with Crippen molar-refractivity contribution >= 4 is 56.4 Å². The maximum absolute atomic E-state index is 17.3. The Morgan fingerprint density at radius 1 is 0.886 bits per heavy atom. The molecule has 1 unspecified atom stereocenters. The fourth-order valence-electron chi connectivity index (χ4n) is 14.2. The van der Waals surface area contributed by atoms with Crippen LogP contribution >= 0.6 is 0 Å². The van der Waals surface area contributed by atoms with Gasteiger partial charge in [-0.1, -0.05) is 19.1 Å². The normalized spacial score (nSPS) is 23.8. The number of piperidine rings is 4. The second-order valence-electron chi connectivity index (χ2n) is 23.1. The highest BCUT2D eigenvalue weighted by Crippen LogP contribution is 2.44. The highest BCUT2D eigenvalue weighted by molar-refractivity contribution is 6.02. The van der Waals surface area contributed by atoms with Gasteiger partial charge < -0.3 is 34.4 Å². The summed E-state index contributed by atoms with van der Waals surface area (Å²) in [4.78, 5) is 74.5. The number of rotatable bonds is 13. The number of halogens is 2. The van der Waals surface area contributed by atoms with Crippen LogP contribution in [0.15, 0.2) is 53.5 Å². The van der Waals surface area contributed by atoms with E-state index in [-0.39, 0.29) is 90.0 Å². The molecule has 6 aromatic rings. The molecule has 0 bridgehead atoms. The summed E-state index contributed by atoms with van der Waals surface area (Å²) in [5, 5.41) is 24.7. The fourth-order valence-corrected chi connectivity index (χ4v) is 14.2. The number of likely N-dealkylation sites (tertiary alicyclic amines) is 2. The van der Waals surface area contributed by atoms with Gasteiger partial charge in [-0.2, -0.15) is 9.97 Å². The average molecular weight is 1090 g/mol. The Morgan fingerprint density at radius 2 is 1.71 bits per heavy atom. The lowest BCUT2D eigenvalue weighted by atomic mass is 9.88. The lowest BCUT2D eigenvalue weighted by molar-refractivity contribution is -0.135. The average Bonchev–Trinajstić information content (AvgIpc) is 4.34. The molecule has 18 nitrogen and oxygen atoms in total. The third-order valence-electron chi connectivity index (χ3n) is 18.5. The van der Waals surface area contributed by atoms with Crippen molar-refractivity contribution in [3.63, 3.8) is 0 Å². The second-order valence-corrected chi connectivity index (χ2v) is 23.1. The first-order valence-corrected chi connectivity index (χ1v) is 28.5. The second kappa shape index (κ2) is 21.7. The maximum Gasteiger partial charge on any atom is 0.409 e. The van der Waals surface area contributed by atoms with Crippen molar-refractivity contribution in [1.29, 1.82) is 0 Å². The van der Waals surface area contributed by atoms with Gasteiger partial charge in [0.15, 0.2) is 5.82 Å². The summed E-state index contributed by atoms with van der Waals surface area (Å²) in [5.74, 6) is -0.710. The Morgan fingerprint density at radius 3 is 2.49 bits per heavy atom. The highest BCUT2D eigenvalue weighted by Gasteiger charge is 2.50. The number of phenolic OH excluding ortho intramolecular Hbond substituents is 1. The van der Waals surface area contributed by atoms with Crippen LogP contribution < -0.4 is 20.6 Å². The summed E-state index contributed by atoms with van der Waals surface area (Å²) < 4.78 is 48.3. The van der Waals surface area contributed by atoms with E-state index in [0.29, 0.717) is 83.9 Å². The van der Waals surface area contributed by atoms with Crippen LogP contribution in [0.2, 0.25) is 0 Å². The van der Waals surface area contributed by atoms with Crippen LogP contribution in [-0.4, -0.2) is 151 Å². The monoisotopic (exact) mass is 1080 g/mol. The summed E-state index contributed by atoms with van der Waals surface area (Å²) >= 11 is 0. The van der Waals surface area contributed by atoms with Crippen molar-refractivity contribution in [3.8, 4) is 23.0 Å². The highest BCUT2D eigenvalue weighted by atomic mass is 19.1. The number of aromatic nitrogens is 5. The first kappa shape index (κ1) is 52.9. The molecular formula is C59H70F2N10O8. The first-order valence-electron chi connectivity index (χ1n) is 28.5. The molecule has 0 radical (unpaired) electrons. The number of aromatic hydroxyl groups is 1. The molecule has 6 fully saturated rings. The molecular weight excluding hydrogens is 1010 g/mol. The number of phenols is 1. The van der Waals surface area contributed by atoms with Gasteiger partial charge in [0.25, 0.3) is 0 Å². The van der Waals surface area contributed by atoms with Crippen LogP contribution in [0.3, 0.4) is 0 Å². The molecule has 3 aromatic carbocycles. The molecule has 6 aliphatic heterocycles. The fraction of sp³-hybridized carbons (Fsp3) is 0.542. The van der Waals surface area contributed by atoms with Crippen molar-refractivity contribution in [1.82, 2.24) is 44.1 Å². The number of pyridine rings is 1. The number of ether oxygens (including phenoxy) is 2. The molecule has 6 saturated heterocycles. The molecule has 3 aromatic heterocycles. The van der Waals surface area contributed by atoms with Crippen LogP contribution in [0.4, 0.5) is 19.4 Å². The van der Waals surface area contributed by atoms with Crippen molar-refractivity contribution in [2.75, 3.05) is 77.1 Å². The van der Waals surface area contributed by atoms with Crippen molar-refractivity contribution < 1.29 is 42.9 Å². The van der Waals surface area contributed by atoms with E-state index in [9.17, 15) is 29.4 Å². The number of aryl methyl sites for hydroxylation is 2. The topological polar surface area (TPSA) is 201 Å². The van der Waals surface area contributed by atoms with Crippen molar-refractivity contribution in [2.45, 2.75) is 114 Å². The number of aliphatic hydroxyl groups is 1. The number of amides is 3. The maximum atomic E-state index is 17.3. The lowest BCUT2D eigenvalue weighted by Crippen LogP contribution is -2.48. The SMILES string of the molecule is CCc1c(F)ccc2cc(O)cc(-c3ncc4c(N5CCC[C@@H](CO)C5)nc(OC[C@@]56CCCN5[C@H](COC(=O)N5CCC(CN7CCC(c8ccc9c(c8)n(C)c(=O)n9C8CCC(=O)NC8=O)CC7)CC5)CC6)nc4c3F)c12. The number of hydrogen-bond acceptors (Lipinski definition) is 14. The number of anilines is 1. The third kappa shape index (κ3) is 9.95. The van der Waals surface area contributed by atoms with Crippen LogP contribution in [0.1, 0.15) is 107 Å². The Hall–Kier alpha value is -6.77. The van der Waals surface area contributed by atoms with Gasteiger partial charge in [-0.25, -0.2) is 18.4 Å². The summed E-state index contributed by atoms with van der Waals surface area (Å²) in [7, 11) is 1.73. The van der Waals surface area contributed by atoms with E-state index in [1.165, 1.54) is 34.5 Å². The van der Waals surface area contributed by atoms with E-state index in [1.54, 1.807) is 17.7 Å². The van der Waals surface area contributed by atoms with E-state index < -0.39 is 23.6 Å². The third-order valence-corrected chi connectivity index (χ3v) is 18.5. The quantitative estimate of drug-likeness (QED) is 0.0971. The molecule has 79 heavy (non-hydrogen) atoms. The van der Waals surface area contributed by atoms with Crippen molar-refractivity contribution in [2.24, 2.45) is 18.9 Å². The molecule has 12 rings (SSSR count). The van der Waals surface area contributed by atoms with E-state index in [0.717, 1.165) is 95.9 Å². The molecule has 3 N–H and O–H groups in total. The Labute approximate surface area is 456 Å². The number of benzene rings is 3. The smallest absolute Gasteiger partial charge is 0.409 e.